The van der Waals surface area contributed by atoms with Crippen molar-refractivity contribution in [2.75, 3.05) is 18.4 Å². The molecule has 22 heavy (non-hydrogen) atoms. The maximum Gasteiger partial charge on any atom is 0.253 e. The number of anilines is 1. The molecule has 1 aromatic rings. The SMILES string of the molecule is CCCC(=O)Nc1cccc(C(=O)N(CCC)CC2CC2)c1. The second-order valence-electron chi connectivity index (χ2n) is 6.07. The van der Waals surface area contributed by atoms with Crippen molar-refractivity contribution in [3.8, 4) is 0 Å². The fraction of sp³-hybridized carbons (Fsp3) is 0.556. The van der Waals surface area contributed by atoms with Crippen LogP contribution in [0.4, 0.5) is 5.69 Å². The first-order chi connectivity index (χ1) is 10.6. The van der Waals surface area contributed by atoms with Gasteiger partial charge in [0.05, 0.1) is 0 Å². The molecular formula is C18H26N2O2. The fourth-order valence-electron chi connectivity index (χ4n) is 2.52. The first kappa shape index (κ1) is 16.5. The van der Waals surface area contributed by atoms with E-state index in [1.54, 1.807) is 6.07 Å². The molecule has 4 nitrogen and oxygen atoms in total. The van der Waals surface area contributed by atoms with Gasteiger partial charge in [0.1, 0.15) is 0 Å². The molecule has 2 rings (SSSR count). The van der Waals surface area contributed by atoms with Gasteiger partial charge in [0.15, 0.2) is 0 Å². The summed E-state index contributed by atoms with van der Waals surface area (Å²) in [5.74, 6) is 0.749. The Bertz CT molecular complexity index is 524. The molecule has 1 saturated carbocycles. The molecule has 0 radical (unpaired) electrons. The van der Waals surface area contributed by atoms with E-state index in [0.717, 1.165) is 25.9 Å². The van der Waals surface area contributed by atoms with Crippen molar-refractivity contribution in [2.24, 2.45) is 5.92 Å². The maximum atomic E-state index is 12.7. The van der Waals surface area contributed by atoms with Crippen LogP contribution in [0.5, 0.6) is 0 Å². The highest BCUT2D eigenvalue weighted by molar-refractivity contribution is 5.97. The highest BCUT2D eigenvalue weighted by Gasteiger charge is 2.26. The van der Waals surface area contributed by atoms with E-state index in [9.17, 15) is 9.59 Å². The number of carbonyl (C=O) groups is 2. The van der Waals surface area contributed by atoms with Crippen LogP contribution in [0.1, 0.15) is 56.3 Å². The zero-order valence-corrected chi connectivity index (χ0v) is 13.6. The molecule has 0 spiro atoms. The summed E-state index contributed by atoms with van der Waals surface area (Å²) in [5, 5.41) is 2.85. The summed E-state index contributed by atoms with van der Waals surface area (Å²) in [7, 11) is 0. The number of rotatable bonds is 8. The number of nitrogens with zero attached hydrogens (tertiary/aromatic N) is 1. The Labute approximate surface area is 132 Å². The molecule has 0 aliphatic heterocycles. The van der Waals surface area contributed by atoms with E-state index in [2.05, 4.69) is 12.2 Å². The Morgan fingerprint density at radius 1 is 1.23 bits per heavy atom. The van der Waals surface area contributed by atoms with Crippen molar-refractivity contribution in [3.05, 3.63) is 29.8 Å². The first-order valence-electron chi connectivity index (χ1n) is 8.33. The monoisotopic (exact) mass is 302 g/mol. The summed E-state index contributed by atoms with van der Waals surface area (Å²) in [6.45, 7) is 5.72. The number of hydrogen-bond donors (Lipinski definition) is 1. The molecule has 0 saturated heterocycles. The van der Waals surface area contributed by atoms with Crippen LogP contribution >= 0.6 is 0 Å². The predicted molar refractivity (Wildman–Crippen MR) is 88.9 cm³/mol. The van der Waals surface area contributed by atoms with E-state index in [4.69, 9.17) is 0 Å². The molecule has 0 unspecified atom stereocenters. The number of carbonyl (C=O) groups excluding carboxylic acids is 2. The molecule has 0 heterocycles. The standard InChI is InChI=1S/C18H26N2O2/c1-3-6-17(21)19-16-8-5-7-15(12-16)18(22)20(11-4-2)13-14-9-10-14/h5,7-8,12,14H,3-4,6,9-11,13H2,1-2H3,(H,19,21). The Morgan fingerprint density at radius 2 is 2.00 bits per heavy atom. The minimum absolute atomic E-state index is 0.00417. The summed E-state index contributed by atoms with van der Waals surface area (Å²) < 4.78 is 0. The zero-order chi connectivity index (χ0) is 15.9. The second-order valence-corrected chi connectivity index (χ2v) is 6.07. The summed E-state index contributed by atoms with van der Waals surface area (Å²) in [4.78, 5) is 26.3. The minimum atomic E-state index is -0.00417. The van der Waals surface area contributed by atoms with Gasteiger partial charge in [-0.05, 0) is 49.8 Å². The van der Waals surface area contributed by atoms with Crippen LogP contribution in [-0.4, -0.2) is 29.8 Å². The van der Waals surface area contributed by atoms with Crippen molar-refractivity contribution >= 4 is 17.5 Å². The van der Waals surface area contributed by atoms with E-state index >= 15 is 0 Å². The Hall–Kier alpha value is -1.84. The number of hydrogen-bond acceptors (Lipinski definition) is 2. The van der Waals surface area contributed by atoms with E-state index in [-0.39, 0.29) is 11.8 Å². The molecule has 1 aliphatic rings. The van der Waals surface area contributed by atoms with Gasteiger partial charge in [-0.3, -0.25) is 9.59 Å². The number of nitrogens with one attached hydrogen (secondary N) is 1. The van der Waals surface area contributed by atoms with Crippen molar-refractivity contribution in [3.63, 3.8) is 0 Å². The van der Waals surface area contributed by atoms with Gasteiger partial charge < -0.3 is 10.2 Å². The predicted octanol–water partition coefficient (Wildman–Crippen LogP) is 3.69. The van der Waals surface area contributed by atoms with E-state index in [1.165, 1.54) is 12.8 Å². The second kappa shape index (κ2) is 7.97. The third kappa shape index (κ3) is 4.86. The van der Waals surface area contributed by atoms with Crippen molar-refractivity contribution in [1.82, 2.24) is 4.90 Å². The normalized spacial score (nSPS) is 13.7. The van der Waals surface area contributed by atoms with E-state index in [1.807, 2.05) is 30.0 Å². The summed E-state index contributed by atoms with van der Waals surface area (Å²) in [6, 6.07) is 7.27. The van der Waals surface area contributed by atoms with Gasteiger partial charge in [0.2, 0.25) is 5.91 Å². The molecule has 120 valence electrons. The molecular weight excluding hydrogens is 276 g/mol. The van der Waals surface area contributed by atoms with Crippen LogP contribution in [0, 0.1) is 5.92 Å². The summed E-state index contributed by atoms with van der Waals surface area (Å²) >= 11 is 0. The number of benzene rings is 1. The molecule has 0 atom stereocenters. The summed E-state index contributed by atoms with van der Waals surface area (Å²) in [5.41, 5.74) is 1.36. The fourth-order valence-corrected chi connectivity index (χ4v) is 2.52. The van der Waals surface area contributed by atoms with Gasteiger partial charge in [-0.1, -0.05) is 19.9 Å². The molecule has 2 amide bonds. The molecule has 0 bridgehead atoms. The van der Waals surface area contributed by atoms with Gasteiger partial charge in [-0.15, -0.1) is 0 Å². The first-order valence-corrected chi connectivity index (χ1v) is 8.33. The molecule has 1 aliphatic carbocycles. The van der Waals surface area contributed by atoms with Crippen molar-refractivity contribution < 1.29 is 9.59 Å². The van der Waals surface area contributed by atoms with Gasteiger partial charge in [-0.2, -0.15) is 0 Å². The van der Waals surface area contributed by atoms with Gasteiger partial charge >= 0.3 is 0 Å². The maximum absolute atomic E-state index is 12.7. The highest BCUT2D eigenvalue weighted by atomic mass is 16.2. The average Bonchev–Trinajstić information content (AvgIpc) is 3.30. The lowest BCUT2D eigenvalue weighted by Crippen LogP contribution is -2.33. The molecule has 1 N–H and O–H groups in total. The Morgan fingerprint density at radius 3 is 2.64 bits per heavy atom. The Balaban J connectivity index is 2.05. The van der Waals surface area contributed by atoms with E-state index < -0.39 is 0 Å². The zero-order valence-electron chi connectivity index (χ0n) is 13.6. The van der Waals surface area contributed by atoms with Crippen LogP contribution in [0.15, 0.2) is 24.3 Å². The average molecular weight is 302 g/mol. The molecule has 0 aromatic heterocycles. The Kier molecular flexibility index (Phi) is 5.99. The van der Waals surface area contributed by atoms with Gasteiger partial charge in [-0.25, -0.2) is 0 Å². The van der Waals surface area contributed by atoms with Gasteiger partial charge in [0, 0.05) is 30.8 Å². The third-order valence-electron chi connectivity index (χ3n) is 3.83. The lowest BCUT2D eigenvalue weighted by atomic mass is 10.1. The van der Waals surface area contributed by atoms with Crippen LogP contribution in [0.2, 0.25) is 0 Å². The minimum Gasteiger partial charge on any atom is -0.338 e. The quantitative estimate of drug-likeness (QED) is 0.796. The molecule has 4 heteroatoms. The molecule has 1 aromatic carbocycles. The van der Waals surface area contributed by atoms with Crippen LogP contribution in [0.25, 0.3) is 0 Å². The molecule has 1 fully saturated rings. The topological polar surface area (TPSA) is 49.4 Å². The largest absolute Gasteiger partial charge is 0.338 e. The smallest absolute Gasteiger partial charge is 0.253 e. The lowest BCUT2D eigenvalue weighted by Gasteiger charge is -2.22. The van der Waals surface area contributed by atoms with Crippen LogP contribution < -0.4 is 5.32 Å². The lowest BCUT2D eigenvalue weighted by molar-refractivity contribution is -0.116. The van der Waals surface area contributed by atoms with E-state index in [0.29, 0.717) is 23.6 Å². The van der Waals surface area contributed by atoms with Crippen molar-refractivity contribution in [1.29, 1.82) is 0 Å². The van der Waals surface area contributed by atoms with Gasteiger partial charge in [0.25, 0.3) is 5.91 Å². The number of amides is 2. The van der Waals surface area contributed by atoms with Crippen molar-refractivity contribution in [2.45, 2.75) is 46.0 Å². The van der Waals surface area contributed by atoms with Crippen LogP contribution in [-0.2, 0) is 4.79 Å². The summed E-state index contributed by atoms with van der Waals surface area (Å²) in [6.07, 6.45) is 4.75. The van der Waals surface area contributed by atoms with Crippen LogP contribution in [0.3, 0.4) is 0 Å². The third-order valence-corrected chi connectivity index (χ3v) is 3.83. The highest BCUT2D eigenvalue weighted by Crippen LogP contribution is 2.30.